The van der Waals surface area contributed by atoms with Crippen molar-refractivity contribution >= 4 is 0 Å². The Bertz CT molecular complexity index is 481. The molecule has 5 heteroatoms. The SMILES string of the molecule is CCc1cnccc1-c1noc(CCNC)n1. The highest BCUT2D eigenvalue weighted by atomic mass is 16.5. The Morgan fingerprint density at radius 2 is 2.29 bits per heavy atom. The van der Waals surface area contributed by atoms with Crippen molar-refractivity contribution in [2.24, 2.45) is 0 Å². The number of aromatic nitrogens is 3. The molecule has 1 N–H and O–H groups in total. The Kier molecular flexibility index (Phi) is 3.82. The highest BCUT2D eigenvalue weighted by Gasteiger charge is 2.11. The van der Waals surface area contributed by atoms with Gasteiger partial charge in [0.1, 0.15) is 0 Å². The second kappa shape index (κ2) is 5.54. The first-order chi connectivity index (χ1) is 8.35. The topological polar surface area (TPSA) is 63.8 Å². The zero-order chi connectivity index (χ0) is 12.1. The second-order valence-corrected chi connectivity index (χ2v) is 3.75. The summed E-state index contributed by atoms with van der Waals surface area (Å²) >= 11 is 0. The van der Waals surface area contributed by atoms with Crippen LogP contribution in [0.5, 0.6) is 0 Å². The molecule has 0 aliphatic rings. The van der Waals surface area contributed by atoms with Gasteiger partial charge >= 0.3 is 0 Å². The van der Waals surface area contributed by atoms with Gasteiger partial charge in [0, 0.05) is 30.9 Å². The molecule has 0 spiro atoms. The maximum atomic E-state index is 5.20. The molecule has 17 heavy (non-hydrogen) atoms. The van der Waals surface area contributed by atoms with Crippen LogP contribution in [0.3, 0.4) is 0 Å². The number of nitrogens with zero attached hydrogens (tertiary/aromatic N) is 3. The summed E-state index contributed by atoms with van der Waals surface area (Å²) in [6.07, 6.45) is 5.25. The molecule has 5 nitrogen and oxygen atoms in total. The zero-order valence-corrected chi connectivity index (χ0v) is 10.1. The summed E-state index contributed by atoms with van der Waals surface area (Å²) in [5, 5.41) is 7.06. The van der Waals surface area contributed by atoms with Crippen LogP contribution in [0.1, 0.15) is 18.4 Å². The lowest BCUT2D eigenvalue weighted by molar-refractivity contribution is 0.377. The Morgan fingerprint density at radius 1 is 1.41 bits per heavy atom. The fourth-order valence-corrected chi connectivity index (χ4v) is 1.62. The predicted molar refractivity (Wildman–Crippen MR) is 64.5 cm³/mol. The number of rotatable bonds is 5. The maximum absolute atomic E-state index is 5.20. The Labute approximate surface area is 100 Å². The van der Waals surface area contributed by atoms with Crippen LogP contribution in [-0.2, 0) is 12.8 Å². The van der Waals surface area contributed by atoms with Crippen LogP contribution in [0.2, 0.25) is 0 Å². The minimum absolute atomic E-state index is 0.648. The molecule has 0 amide bonds. The molecule has 0 atom stereocenters. The highest BCUT2D eigenvalue weighted by molar-refractivity contribution is 5.58. The van der Waals surface area contributed by atoms with Crippen LogP contribution in [0, 0.1) is 0 Å². The van der Waals surface area contributed by atoms with E-state index in [2.05, 4.69) is 27.4 Å². The lowest BCUT2D eigenvalue weighted by atomic mass is 10.1. The van der Waals surface area contributed by atoms with Crippen molar-refractivity contribution in [1.29, 1.82) is 0 Å². The number of nitrogens with one attached hydrogen (secondary N) is 1. The molecule has 2 aromatic rings. The van der Waals surface area contributed by atoms with Crippen molar-refractivity contribution in [3.05, 3.63) is 29.9 Å². The Hall–Kier alpha value is -1.75. The molecule has 90 valence electrons. The smallest absolute Gasteiger partial charge is 0.228 e. The van der Waals surface area contributed by atoms with E-state index in [1.165, 1.54) is 0 Å². The van der Waals surface area contributed by atoms with Crippen molar-refractivity contribution in [3.63, 3.8) is 0 Å². The fourth-order valence-electron chi connectivity index (χ4n) is 1.62. The summed E-state index contributed by atoms with van der Waals surface area (Å²) in [5.41, 5.74) is 2.13. The molecule has 0 saturated heterocycles. The molecular formula is C12H16N4O. The number of pyridine rings is 1. The van der Waals surface area contributed by atoms with Crippen LogP contribution in [0.25, 0.3) is 11.4 Å². The first-order valence-corrected chi connectivity index (χ1v) is 5.75. The average molecular weight is 232 g/mol. The van der Waals surface area contributed by atoms with Gasteiger partial charge in [-0.15, -0.1) is 0 Å². The lowest BCUT2D eigenvalue weighted by Gasteiger charge is -2.00. The number of aryl methyl sites for hydroxylation is 1. The monoisotopic (exact) mass is 232 g/mol. The third-order valence-electron chi connectivity index (χ3n) is 2.58. The van der Waals surface area contributed by atoms with Gasteiger partial charge in [0.05, 0.1) is 0 Å². The van der Waals surface area contributed by atoms with E-state index in [-0.39, 0.29) is 0 Å². The quantitative estimate of drug-likeness (QED) is 0.845. The third kappa shape index (κ3) is 2.68. The number of hydrogen-bond donors (Lipinski definition) is 1. The third-order valence-corrected chi connectivity index (χ3v) is 2.58. The van der Waals surface area contributed by atoms with Crippen molar-refractivity contribution in [2.45, 2.75) is 19.8 Å². The van der Waals surface area contributed by atoms with E-state index in [0.29, 0.717) is 11.7 Å². The summed E-state index contributed by atoms with van der Waals surface area (Å²) < 4.78 is 5.20. The van der Waals surface area contributed by atoms with Gasteiger partial charge in [-0.3, -0.25) is 4.98 Å². The van der Waals surface area contributed by atoms with E-state index in [4.69, 9.17) is 4.52 Å². The summed E-state index contributed by atoms with van der Waals surface area (Å²) in [6, 6.07) is 1.92. The van der Waals surface area contributed by atoms with E-state index in [1.807, 2.05) is 19.3 Å². The van der Waals surface area contributed by atoms with Crippen LogP contribution >= 0.6 is 0 Å². The Morgan fingerprint density at radius 3 is 3.06 bits per heavy atom. The van der Waals surface area contributed by atoms with Gasteiger partial charge < -0.3 is 9.84 Å². The molecule has 0 radical (unpaired) electrons. The molecule has 2 aromatic heterocycles. The van der Waals surface area contributed by atoms with Gasteiger partial charge in [0.2, 0.25) is 11.7 Å². The van der Waals surface area contributed by atoms with Gasteiger partial charge in [-0.05, 0) is 25.1 Å². The molecule has 2 heterocycles. The van der Waals surface area contributed by atoms with Crippen molar-refractivity contribution in [2.75, 3.05) is 13.6 Å². The number of likely N-dealkylation sites (N-methyl/N-ethyl adjacent to an activating group) is 1. The minimum atomic E-state index is 0.648. The van der Waals surface area contributed by atoms with E-state index >= 15 is 0 Å². The van der Waals surface area contributed by atoms with Crippen molar-refractivity contribution in [3.8, 4) is 11.4 Å². The minimum Gasteiger partial charge on any atom is -0.339 e. The van der Waals surface area contributed by atoms with Crippen LogP contribution in [0.15, 0.2) is 23.0 Å². The fraction of sp³-hybridized carbons (Fsp3) is 0.417. The normalized spacial score (nSPS) is 10.7. The van der Waals surface area contributed by atoms with Gasteiger partial charge in [0.15, 0.2) is 0 Å². The summed E-state index contributed by atoms with van der Waals surface area (Å²) in [4.78, 5) is 8.48. The maximum Gasteiger partial charge on any atom is 0.228 e. The van der Waals surface area contributed by atoms with E-state index < -0.39 is 0 Å². The largest absolute Gasteiger partial charge is 0.339 e. The molecule has 0 saturated carbocycles. The first-order valence-electron chi connectivity index (χ1n) is 5.75. The average Bonchev–Trinajstić information content (AvgIpc) is 2.85. The van der Waals surface area contributed by atoms with Crippen molar-refractivity contribution in [1.82, 2.24) is 20.4 Å². The van der Waals surface area contributed by atoms with Gasteiger partial charge in [-0.2, -0.15) is 4.98 Å². The molecule has 0 aromatic carbocycles. The molecule has 2 rings (SSSR count). The van der Waals surface area contributed by atoms with Crippen LogP contribution in [-0.4, -0.2) is 28.7 Å². The standard InChI is InChI=1S/C12H16N4O/c1-3-9-8-14-7-4-10(9)12-15-11(17-16-12)5-6-13-2/h4,7-8,13H,3,5-6H2,1-2H3. The molecule has 0 aliphatic carbocycles. The predicted octanol–water partition coefficient (Wildman–Crippen LogP) is 1.46. The van der Waals surface area contributed by atoms with Crippen molar-refractivity contribution < 1.29 is 4.52 Å². The highest BCUT2D eigenvalue weighted by Crippen LogP contribution is 2.20. The second-order valence-electron chi connectivity index (χ2n) is 3.75. The molecule has 0 aliphatic heterocycles. The summed E-state index contributed by atoms with van der Waals surface area (Å²) in [6.45, 7) is 2.92. The van der Waals surface area contributed by atoms with Gasteiger partial charge in [-0.25, -0.2) is 0 Å². The summed E-state index contributed by atoms with van der Waals surface area (Å²) in [7, 11) is 1.90. The molecular weight excluding hydrogens is 216 g/mol. The zero-order valence-electron chi connectivity index (χ0n) is 10.1. The van der Waals surface area contributed by atoms with Crippen LogP contribution < -0.4 is 5.32 Å². The molecule has 0 bridgehead atoms. The Balaban J connectivity index is 2.24. The van der Waals surface area contributed by atoms with E-state index in [0.717, 1.165) is 30.5 Å². The first kappa shape index (κ1) is 11.7. The van der Waals surface area contributed by atoms with E-state index in [9.17, 15) is 0 Å². The molecule has 0 unspecified atom stereocenters. The summed E-state index contributed by atoms with van der Waals surface area (Å²) in [5.74, 6) is 1.31. The number of hydrogen-bond acceptors (Lipinski definition) is 5. The lowest BCUT2D eigenvalue weighted by Crippen LogP contribution is -2.10. The molecule has 0 fully saturated rings. The van der Waals surface area contributed by atoms with Gasteiger partial charge in [0.25, 0.3) is 0 Å². The van der Waals surface area contributed by atoms with Crippen LogP contribution in [0.4, 0.5) is 0 Å². The van der Waals surface area contributed by atoms with E-state index in [1.54, 1.807) is 6.20 Å². The van der Waals surface area contributed by atoms with Gasteiger partial charge in [-0.1, -0.05) is 12.1 Å².